The molecule has 0 fully saturated rings. The number of hydrogen-bond acceptors (Lipinski definition) is 4. The van der Waals surface area contributed by atoms with Crippen LogP contribution in [0.1, 0.15) is 21.8 Å². The number of nitrogens with zero attached hydrogens (tertiary/aromatic N) is 3. The lowest BCUT2D eigenvalue weighted by Gasteiger charge is -2.10. The van der Waals surface area contributed by atoms with E-state index < -0.39 is 5.91 Å². The number of amides is 1. The van der Waals surface area contributed by atoms with Crippen molar-refractivity contribution in [2.24, 2.45) is 0 Å². The Morgan fingerprint density at radius 3 is 2.91 bits per heavy atom. The Balaban J connectivity index is 1.80. The number of aryl methyl sites for hydroxylation is 1. The van der Waals surface area contributed by atoms with Gasteiger partial charge < -0.3 is 9.84 Å². The summed E-state index contributed by atoms with van der Waals surface area (Å²) in [6.07, 6.45) is 1.58. The van der Waals surface area contributed by atoms with Gasteiger partial charge in [0.1, 0.15) is 5.82 Å². The smallest absolute Gasteiger partial charge is 0.295 e. The van der Waals surface area contributed by atoms with Crippen LogP contribution in [0.3, 0.4) is 0 Å². The highest BCUT2D eigenvalue weighted by Crippen LogP contribution is 2.26. The summed E-state index contributed by atoms with van der Waals surface area (Å²) < 4.78 is 6.55. The third-order valence-corrected chi connectivity index (χ3v) is 4.02. The number of benzene rings is 1. The Morgan fingerprint density at radius 2 is 2.17 bits per heavy atom. The quantitative estimate of drug-likeness (QED) is 0.776. The van der Waals surface area contributed by atoms with Gasteiger partial charge in [-0.1, -0.05) is 40.5 Å². The second kappa shape index (κ2) is 6.44. The Kier molecular flexibility index (Phi) is 4.36. The molecule has 1 aromatic carbocycles. The van der Waals surface area contributed by atoms with Crippen molar-refractivity contribution in [2.45, 2.75) is 13.5 Å². The highest BCUT2D eigenvalue weighted by atomic mass is 35.5. The summed E-state index contributed by atoms with van der Waals surface area (Å²) in [5.74, 6) is 0.251. The molecule has 0 saturated carbocycles. The largest absolute Gasteiger partial charge is 0.351 e. The van der Waals surface area contributed by atoms with Crippen molar-refractivity contribution in [1.82, 2.24) is 14.9 Å². The molecule has 3 rings (SSSR count). The normalized spacial score (nSPS) is 10.7. The molecule has 0 bridgehead atoms. The van der Waals surface area contributed by atoms with Crippen molar-refractivity contribution in [3.63, 3.8) is 0 Å². The summed E-state index contributed by atoms with van der Waals surface area (Å²) in [6, 6.07) is 8.61. The average Bonchev–Trinajstić information content (AvgIpc) is 3.13. The van der Waals surface area contributed by atoms with Gasteiger partial charge in [-0.05, 0) is 18.6 Å². The van der Waals surface area contributed by atoms with Crippen LogP contribution in [0.15, 0.2) is 41.1 Å². The first-order chi connectivity index (χ1) is 11.0. The van der Waals surface area contributed by atoms with Gasteiger partial charge in [0.2, 0.25) is 5.76 Å². The van der Waals surface area contributed by atoms with Crippen molar-refractivity contribution in [2.75, 3.05) is 5.32 Å². The maximum Gasteiger partial charge on any atom is 0.295 e. The number of halogens is 2. The van der Waals surface area contributed by atoms with Gasteiger partial charge in [-0.15, -0.1) is 0 Å². The molecule has 0 spiro atoms. The average molecular weight is 351 g/mol. The second-order valence-corrected chi connectivity index (χ2v) is 5.66. The predicted molar refractivity (Wildman–Crippen MR) is 87.0 cm³/mol. The molecule has 0 aliphatic heterocycles. The van der Waals surface area contributed by atoms with Gasteiger partial charge in [0.25, 0.3) is 5.91 Å². The van der Waals surface area contributed by atoms with E-state index in [1.807, 2.05) is 12.1 Å². The molecule has 1 amide bonds. The molecule has 0 aliphatic carbocycles. The van der Waals surface area contributed by atoms with E-state index in [-0.39, 0.29) is 5.76 Å². The fourth-order valence-corrected chi connectivity index (χ4v) is 2.43. The Morgan fingerprint density at radius 1 is 1.35 bits per heavy atom. The van der Waals surface area contributed by atoms with Gasteiger partial charge in [-0.2, -0.15) is 5.10 Å². The molecule has 0 saturated heterocycles. The zero-order valence-electron chi connectivity index (χ0n) is 12.1. The zero-order valence-corrected chi connectivity index (χ0v) is 13.6. The molecule has 1 N–H and O–H groups in total. The van der Waals surface area contributed by atoms with Gasteiger partial charge in [-0.3, -0.25) is 4.79 Å². The lowest BCUT2D eigenvalue weighted by Crippen LogP contribution is -2.15. The van der Waals surface area contributed by atoms with Crippen LogP contribution < -0.4 is 5.32 Å². The first-order valence-corrected chi connectivity index (χ1v) is 7.49. The molecular weight excluding hydrogens is 339 g/mol. The van der Waals surface area contributed by atoms with Crippen molar-refractivity contribution < 1.29 is 9.32 Å². The molecule has 8 heteroatoms. The Hall–Kier alpha value is -2.31. The summed E-state index contributed by atoms with van der Waals surface area (Å²) in [7, 11) is 0. The standard InChI is InChI=1S/C15H12Cl2N4O2/c1-9-7-12(23-20-9)15(22)19-13-5-6-18-21(13)8-10-3-2-4-11(16)14(10)17/h2-7H,8H2,1H3,(H,19,22). The van der Waals surface area contributed by atoms with E-state index in [4.69, 9.17) is 27.7 Å². The van der Waals surface area contributed by atoms with Crippen molar-refractivity contribution >= 4 is 34.9 Å². The molecule has 3 aromatic rings. The summed E-state index contributed by atoms with van der Waals surface area (Å²) >= 11 is 12.2. The van der Waals surface area contributed by atoms with E-state index in [0.717, 1.165) is 5.56 Å². The number of aromatic nitrogens is 3. The molecule has 2 heterocycles. The number of nitrogens with one attached hydrogen (secondary N) is 1. The third kappa shape index (κ3) is 3.38. The lowest BCUT2D eigenvalue weighted by atomic mass is 10.2. The maximum atomic E-state index is 12.1. The number of anilines is 1. The van der Waals surface area contributed by atoms with E-state index in [0.29, 0.717) is 28.1 Å². The predicted octanol–water partition coefficient (Wildman–Crippen LogP) is 3.79. The van der Waals surface area contributed by atoms with Gasteiger partial charge in [-0.25, -0.2) is 4.68 Å². The Labute approximate surface area is 142 Å². The maximum absolute atomic E-state index is 12.1. The van der Waals surface area contributed by atoms with Crippen LogP contribution in [0.25, 0.3) is 0 Å². The molecule has 23 heavy (non-hydrogen) atoms. The molecule has 0 atom stereocenters. The number of carbonyl (C=O) groups excluding carboxylic acids is 1. The van der Waals surface area contributed by atoms with Crippen molar-refractivity contribution in [3.05, 3.63) is 63.6 Å². The minimum atomic E-state index is -0.399. The number of hydrogen-bond donors (Lipinski definition) is 1. The lowest BCUT2D eigenvalue weighted by molar-refractivity contribution is 0.0987. The van der Waals surface area contributed by atoms with Crippen LogP contribution in [-0.2, 0) is 6.54 Å². The van der Waals surface area contributed by atoms with Gasteiger partial charge >= 0.3 is 0 Å². The summed E-state index contributed by atoms with van der Waals surface area (Å²) in [4.78, 5) is 12.1. The minimum absolute atomic E-state index is 0.135. The van der Waals surface area contributed by atoms with Gasteiger partial charge in [0, 0.05) is 12.1 Å². The number of carbonyl (C=O) groups is 1. The van der Waals surface area contributed by atoms with E-state index >= 15 is 0 Å². The van der Waals surface area contributed by atoms with Crippen LogP contribution in [0, 0.1) is 6.92 Å². The summed E-state index contributed by atoms with van der Waals surface area (Å²) in [5.41, 5.74) is 1.43. The molecule has 2 aromatic heterocycles. The van der Waals surface area contributed by atoms with E-state index in [1.54, 1.807) is 36.0 Å². The molecular formula is C15H12Cl2N4O2. The topological polar surface area (TPSA) is 73.0 Å². The fraction of sp³-hybridized carbons (Fsp3) is 0.133. The first kappa shape index (κ1) is 15.6. The third-order valence-electron chi connectivity index (χ3n) is 3.16. The molecule has 118 valence electrons. The Bertz CT molecular complexity index is 857. The summed E-state index contributed by atoms with van der Waals surface area (Å²) in [6.45, 7) is 2.11. The number of rotatable bonds is 4. The minimum Gasteiger partial charge on any atom is -0.351 e. The molecule has 0 aliphatic rings. The highest BCUT2D eigenvalue weighted by molar-refractivity contribution is 6.42. The van der Waals surface area contributed by atoms with Crippen molar-refractivity contribution in [1.29, 1.82) is 0 Å². The first-order valence-electron chi connectivity index (χ1n) is 6.74. The van der Waals surface area contributed by atoms with Crippen molar-refractivity contribution in [3.8, 4) is 0 Å². The monoisotopic (exact) mass is 350 g/mol. The van der Waals surface area contributed by atoms with Crippen LogP contribution >= 0.6 is 23.2 Å². The van der Waals surface area contributed by atoms with Crippen LogP contribution in [0.5, 0.6) is 0 Å². The van der Waals surface area contributed by atoms with Gasteiger partial charge in [0.05, 0.1) is 28.5 Å². The molecule has 6 nitrogen and oxygen atoms in total. The van der Waals surface area contributed by atoms with Gasteiger partial charge in [0.15, 0.2) is 0 Å². The molecule has 0 radical (unpaired) electrons. The van der Waals surface area contributed by atoms with Crippen LogP contribution in [-0.4, -0.2) is 20.8 Å². The fourth-order valence-electron chi connectivity index (χ4n) is 2.05. The molecule has 0 unspecified atom stereocenters. The highest BCUT2D eigenvalue weighted by Gasteiger charge is 2.15. The van der Waals surface area contributed by atoms with E-state index in [2.05, 4.69) is 15.6 Å². The summed E-state index contributed by atoms with van der Waals surface area (Å²) in [5, 5.41) is 11.5. The van der Waals surface area contributed by atoms with Crippen LogP contribution in [0.4, 0.5) is 5.82 Å². The van der Waals surface area contributed by atoms with E-state index in [1.165, 1.54) is 0 Å². The zero-order chi connectivity index (χ0) is 16.4. The SMILES string of the molecule is Cc1cc(C(=O)Nc2ccnn2Cc2cccc(Cl)c2Cl)on1. The van der Waals surface area contributed by atoms with Crippen LogP contribution in [0.2, 0.25) is 10.0 Å². The second-order valence-electron chi connectivity index (χ2n) is 4.87. The van der Waals surface area contributed by atoms with E-state index in [9.17, 15) is 4.79 Å².